The second-order valence-electron chi connectivity index (χ2n) is 3.40. The molecule has 0 amide bonds. The molecule has 0 aromatic carbocycles. The van der Waals surface area contributed by atoms with E-state index in [9.17, 15) is 4.91 Å². The number of nitrogens with zero attached hydrogens (tertiary/aromatic N) is 2. The van der Waals surface area contributed by atoms with Crippen molar-refractivity contribution >= 4 is 0 Å². The maximum absolute atomic E-state index is 10.1. The second-order valence-corrected chi connectivity index (χ2v) is 3.40. The van der Waals surface area contributed by atoms with E-state index in [1.165, 1.54) is 19.3 Å². The van der Waals surface area contributed by atoms with E-state index in [1.807, 2.05) is 0 Å². The maximum atomic E-state index is 10.1. The molecular formula is C7H12N2O. The summed E-state index contributed by atoms with van der Waals surface area (Å²) in [5.41, 5.74) is 0. The van der Waals surface area contributed by atoms with Gasteiger partial charge in [0.2, 0.25) is 0 Å². The molecule has 1 heterocycles. The highest BCUT2D eigenvalue weighted by Crippen LogP contribution is 2.37. The molecule has 1 saturated carbocycles. The zero-order chi connectivity index (χ0) is 6.97. The third-order valence-corrected chi connectivity index (χ3v) is 2.82. The highest BCUT2D eigenvalue weighted by molar-refractivity contribution is 4.86. The summed E-state index contributed by atoms with van der Waals surface area (Å²) < 4.78 is 0. The molecule has 1 aliphatic carbocycles. The number of fused-ring (bicyclic) bond motifs is 1. The Labute approximate surface area is 60.3 Å². The third kappa shape index (κ3) is 0.805. The molecule has 10 heavy (non-hydrogen) atoms. The first-order valence-corrected chi connectivity index (χ1v) is 3.98. The summed E-state index contributed by atoms with van der Waals surface area (Å²) in [6.07, 6.45) is 4.00. The summed E-state index contributed by atoms with van der Waals surface area (Å²) in [4.78, 5) is 10.1. The van der Waals surface area contributed by atoms with E-state index in [4.69, 9.17) is 0 Å². The normalized spacial score (nSPS) is 38.2. The molecular weight excluding hydrogens is 128 g/mol. The summed E-state index contributed by atoms with van der Waals surface area (Å²) in [7, 11) is 0. The molecule has 0 bridgehead atoms. The van der Waals surface area contributed by atoms with Crippen molar-refractivity contribution in [1.82, 2.24) is 5.01 Å². The largest absolute Gasteiger partial charge is 0.260 e. The lowest BCUT2D eigenvalue weighted by Gasteiger charge is -2.05. The van der Waals surface area contributed by atoms with E-state index in [0.29, 0.717) is 0 Å². The summed E-state index contributed by atoms with van der Waals surface area (Å²) in [6.45, 7) is 1.85. The van der Waals surface area contributed by atoms with Crippen LogP contribution >= 0.6 is 0 Å². The topological polar surface area (TPSA) is 32.7 Å². The molecule has 0 N–H and O–H groups in total. The van der Waals surface area contributed by atoms with Gasteiger partial charge in [0.05, 0.1) is 5.29 Å². The van der Waals surface area contributed by atoms with Crippen LogP contribution in [0.1, 0.15) is 19.3 Å². The van der Waals surface area contributed by atoms with Crippen molar-refractivity contribution in [2.75, 3.05) is 13.1 Å². The van der Waals surface area contributed by atoms with Gasteiger partial charge >= 0.3 is 0 Å². The Hall–Kier alpha value is -0.600. The molecule has 2 fully saturated rings. The Kier molecular flexibility index (Phi) is 1.36. The fraction of sp³-hybridized carbons (Fsp3) is 1.00. The van der Waals surface area contributed by atoms with Crippen LogP contribution in [0.5, 0.6) is 0 Å². The van der Waals surface area contributed by atoms with Crippen LogP contribution in [-0.2, 0) is 0 Å². The van der Waals surface area contributed by atoms with Gasteiger partial charge in [0.1, 0.15) is 0 Å². The summed E-state index contributed by atoms with van der Waals surface area (Å²) in [5, 5.41) is 4.63. The second kappa shape index (κ2) is 2.22. The highest BCUT2D eigenvalue weighted by Gasteiger charge is 2.36. The molecule has 56 valence electrons. The minimum Gasteiger partial charge on any atom is -0.260 e. The number of hydrogen-bond donors (Lipinski definition) is 0. The van der Waals surface area contributed by atoms with Crippen molar-refractivity contribution in [2.24, 2.45) is 17.1 Å². The summed E-state index contributed by atoms with van der Waals surface area (Å²) in [5.74, 6) is 1.58. The zero-order valence-electron chi connectivity index (χ0n) is 5.99. The molecule has 1 aliphatic heterocycles. The van der Waals surface area contributed by atoms with Gasteiger partial charge in [0, 0.05) is 13.1 Å². The minimum atomic E-state index is 0.790. The maximum Gasteiger partial charge on any atom is 0.0524 e. The van der Waals surface area contributed by atoms with Crippen LogP contribution in [0.2, 0.25) is 0 Å². The molecule has 0 aromatic rings. The van der Waals surface area contributed by atoms with Crippen LogP contribution in [-0.4, -0.2) is 18.1 Å². The predicted octanol–water partition coefficient (Wildman–Crippen LogP) is 1.40. The van der Waals surface area contributed by atoms with Gasteiger partial charge in [0.25, 0.3) is 0 Å². The molecule has 0 aromatic heterocycles. The van der Waals surface area contributed by atoms with E-state index in [1.54, 1.807) is 5.01 Å². The first-order chi connectivity index (χ1) is 4.90. The number of rotatable bonds is 1. The molecule has 3 nitrogen and oxygen atoms in total. The van der Waals surface area contributed by atoms with E-state index in [-0.39, 0.29) is 0 Å². The van der Waals surface area contributed by atoms with E-state index < -0.39 is 0 Å². The van der Waals surface area contributed by atoms with Gasteiger partial charge < -0.3 is 0 Å². The van der Waals surface area contributed by atoms with Crippen LogP contribution < -0.4 is 0 Å². The Bertz CT molecular complexity index is 137. The Morgan fingerprint density at radius 3 is 2.30 bits per heavy atom. The van der Waals surface area contributed by atoms with Crippen molar-refractivity contribution in [3.63, 3.8) is 0 Å². The van der Waals surface area contributed by atoms with Gasteiger partial charge in [-0.1, -0.05) is 6.42 Å². The minimum absolute atomic E-state index is 0.790. The van der Waals surface area contributed by atoms with Gasteiger partial charge in [0.15, 0.2) is 0 Å². The summed E-state index contributed by atoms with van der Waals surface area (Å²) >= 11 is 0. The molecule has 0 radical (unpaired) electrons. The lowest BCUT2D eigenvalue weighted by Crippen LogP contribution is -2.13. The lowest BCUT2D eigenvalue weighted by molar-refractivity contribution is 0.324. The molecule has 2 atom stereocenters. The summed E-state index contributed by atoms with van der Waals surface area (Å²) in [6, 6.07) is 0. The van der Waals surface area contributed by atoms with E-state index in [0.717, 1.165) is 24.9 Å². The standard InChI is InChI=1S/C7H12N2O/c10-8-9-4-6-2-1-3-7(6)5-9/h6-7H,1-5H2/t6-,7-/m0/s1. The number of nitroso groups, excluding NO2 is 1. The van der Waals surface area contributed by atoms with Gasteiger partial charge in [-0.15, -0.1) is 4.91 Å². The van der Waals surface area contributed by atoms with Crippen molar-refractivity contribution in [2.45, 2.75) is 19.3 Å². The predicted molar refractivity (Wildman–Crippen MR) is 38.2 cm³/mol. The molecule has 2 rings (SSSR count). The van der Waals surface area contributed by atoms with Crippen LogP contribution in [0.25, 0.3) is 0 Å². The van der Waals surface area contributed by atoms with Gasteiger partial charge in [-0.2, -0.15) is 0 Å². The zero-order valence-corrected chi connectivity index (χ0v) is 5.99. The van der Waals surface area contributed by atoms with Gasteiger partial charge in [-0.3, -0.25) is 5.01 Å². The lowest BCUT2D eigenvalue weighted by atomic mass is 10.0. The monoisotopic (exact) mass is 140 g/mol. The quantitative estimate of drug-likeness (QED) is 0.516. The Balaban J connectivity index is 1.99. The molecule has 0 unspecified atom stereocenters. The fourth-order valence-electron chi connectivity index (χ4n) is 2.28. The van der Waals surface area contributed by atoms with E-state index in [2.05, 4.69) is 5.29 Å². The average molecular weight is 140 g/mol. The average Bonchev–Trinajstić information content (AvgIpc) is 2.42. The number of hydrogen-bond acceptors (Lipinski definition) is 2. The van der Waals surface area contributed by atoms with Crippen LogP contribution in [0.15, 0.2) is 5.29 Å². The molecule has 1 saturated heterocycles. The van der Waals surface area contributed by atoms with Crippen LogP contribution in [0, 0.1) is 16.7 Å². The molecule has 3 heteroatoms. The Morgan fingerprint density at radius 2 is 1.80 bits per heavy atom. The first-order valence-electron chi connectivity index (χ1n) is 3.98. The third-order valence-electron chi connectivity index (χ3n) is 2.82. The van der Waals surface area contributed by atoms with Crippen molar-refractivity contribution in [1.29, 1.82) is 0 Å². The first kappa shape index (κ1) is 6.13. The Morgan fingerprint density at radius 1 is 1.20 bits per heavy atom. The van der Waals surface area contributed by atoms with Gasteiger partial charge in [-0.05, 0) is 24.7 Å². The van der Waals surface area contributed by atoms with Gasteiger partial charge in [-0.25, -0.2) is 0 Å². The van der Waals surface area contributed by atoms with Crippen LogP contribution in [0.3, 0.4) is 0 Å². The highest BCUT2D eigenvalue weighted by atomic mass is 16.3. The van der Waals surface area contributed by atoms with E-state index >= 15 is 0 Å². The van der Waals surface area contributed by atoms with Crippen molar-refractivity contribution < 1.29 is 0 Å². The fourth-order valence-corrected chi connectivity index (χ4v) is 2.28. The van der Waals surface area contributed by atoms with Crippen molar-refractivity contribution in [3.05, 3.63) is 4.91 Å². The SMILES string of the molecule is O=NN1C[C@@H]2CCC[C@H]2C1. The van der Waals surface area contributed by atoms with Crippen molar-refractivity contribution in [3.8, 4) is 0 Å². The smallest absolute Gasteiger partial charge is 0.0524 e. The molecule has 2 aliphatic rings. The van der Waals surface area contributed by atoms with Crippen LogP contribution in [0.4, 0.5) is 0 Å². The molecule has 0 spiro atoms.